The van der Waals surface area contributed by atoms with Crippen LogP contribution < -0.4 is 0 Å². The van der Waals surface area contributed by atoms with Gasteiger partial charge in [-0.3, -0.25) is 0 Å². The number of rotatable bonds is 8. The van der Waals surface area contributed by atoms with Gasteiger partial charge in [-0.2, -0.15) is 61.5 Å². The molecule has 0 bridgehead atoms. The molecule has 0 atom stereocenters. The minimum Gasteiger partial charge on any atom is -0.244 e. The van der Waals surface area contributed by atoms with Crippen molar-refractivity contribution in [2.24, 2.45) is 0 Å². The van der Waals surface area contributed by atoms with Gasteiger partial charge in [0.15, 0.2) is 6.67 Å². The first kappa shape index (κ1) is 25.2. The zero-order valence-electron chi connectivity index (χ0n) is 13.3. The lowest BCUT2D eigenvalue weighted by atomic mass is 9.87. The Balaban J connectivity index is 3.63. The number of benzene rings is 1. The van der Waals surface area contributed by atoms with E-state index in [1.165, 1.54) is 0 Å². The van der Waals surface area contributed by atoms with Crippen LogP contribution in [0.3, 0.4) is 0 Å². The molecule has 1 aromatic rings. The van der Waals surface area contributed by atoms with Gasteiger partial charge in [-0.15, -0.1) is 0 Å². The highest BCUT2D eigenvalue weighted by Crippen LogP contribution is 2.63. The molecule has 1 rings (SSSR count). The van der Waals surface area contributed by atoms with Crippen molar-refractivity contribution >= 4 is 0 Å². The molecule has 0 aliphatic carbocycles. The smallest absolute Gasteiger partial charge is 0.244 e. The van der Waals surface area contributed by atoms with Gasteiger partial charge in [0.2, 0.25) is 0 Å². The van der Waals surface area contributed by atoms with Crippen LogP contribution in [0.4, 0.5) is 65.9 Å². The van der Waals surface area contributed by atoms with Gasteiger partial charge < -0.3 is 0 Å². The first-order chi connectivity index (χ1) is 12.7. The quantitative estimate of drug-likeness (QED) is 0.386. The minimum absolute atomic E-state index is 0.00781. The van der Waals surface area contributed by atoms with Gasteiger partial charge in [0.05, 0.1) is 0 Å². The van der Waals surface area contributed by atoms with E-state index < -0.39 is 53.7 Å². The maximum Gasteiger partial charge on any atom is 0.385 e. The third-order valence-corrected chi connectivity index (χ3v) is 3.74. The minimum atomic E-state index is -8.19. The van der Waals surface area contributed by atoms with Crippen LogP contribution in [0.25, 0.3) is 0 Å². The number of hydrogen-bond acceptors (Lipinski definition) is 0. The van der Waals surface area contributed by atoms with Crippen LogP contribution in [0, 0.1) is 0 Å². The molecule has 0 heterocycles. The van der Waals surface area contributed by atoms with E-state index in [-0.39, 0.29) is 12.1 Å². The molecule has 0 spiro atoms. The molecule has 0 aliphatic heterocycles. The highest BCUT2D eigenvalue weighted by Gasteiger charge is 2.92. The molecule has 0 nitrogen and oxygen atoms in total. The van der Waals surface area contributed by atoms with Crippen LogP contribution in [-0.2, 0) is 5.92 Å². The predicted molar refractivity (Wildman–Crippen MR) is 66.0 cm³/mol. The summed E-state index contributed by atoms with van der Waals surface area (Å²) in [6.45, 7) is -3.78. The second kappa shape index (κ2) is 6.86. The van der Waals surface area contributed by atoms with Crippen LogP contribution in [0.15, 0.2) is 30.3 Å². The van der Waals surface area contributed by atoms with E-state index >= 15 is 0 Å². The molecule has 0 fully saturated rings. The number of hydrogen-bond donors (Lipinski definition) is 0. The van der Waals surface area contributed by atoms with E-state index in [4.69, 9.17) is 0 Å². The van der Waals surface area contributed by atoms with E-state index in [9.17, 15) is 65.9 Å². The lowest BCUT2D eigenvalue weighted by molar-refractivity contribution is -0.443. The molecular formula is C14H7F15. The summed E-state index contributed by atoms with van der Waals surface area (Å²) in [6, 6.07) is 1.91. The van der Waals surface area contributed by atoms with Gasteiger partial charge in [0.25, 0.3) is 0 Å². The number of halogens is 15. The van der Waals surface area contributed by atoms with E-state index in [1.807, 2.05) is 0 Å². The van der Waals surface area contributed by atoms with Crippen LogP contribution in [0.2, 0.25) is 0 Å². The van der Waals surface area contributed by atoms with Crippen molar-refractivity contribution in [3.8, 4) is 0 Å². The summed E-state index contributed by atoms with van der Waals surface area (Å²) in [7, 11) is 0. The first-order valence-electron chi connectivity index (χ1n) is 6.93. The van der Waals surface area contributed by atoms with Gasteiger partial charge in [-0.25, -0.2) is 4.39 Å². The fraction of sp³-hybridized carbons (Fsp3) is 0.571. The van der Waals surface area contributed by atoms with Crippen molar-refractivity contribution in [2.45, 2.75) is 41.5 Å². The van der Waals surface area contributed by atoms with Crippen molar-refractivity contribution in [3.05, 3.63) is 35.9 Å². The molecular weight excluding hydrogens is 453 g/mol. The average molecular weight is 460 g/mol. The third kappa shape index (κ3) is 3.20. The van der Waals surface area contributed by atoms with Gasteiger partial charge in [-0.1, -0.05) is 30.3 Å². The molecule has 15 heteroatoms. The Morgan fingerprint density at radius 3 is 1.21 bits per heavy atom. The molecule has 1 aromatic carbocycles. The van der Waals surface area contributed by atoms with E-state index in [1.54, 1.807) is 0 Å². The molecule has 29 heavy (non-hydrogen) atoms. The monoisotopic (exact) mass is 460 g/mol. The molecule has 0 aliphatic rings. The molecule has 0 saturated heterocycles. The second-order valence-electron chi connectivity index (χ2n) is 5.65. The summed E-state index contributed by atoms with van der Waals surface area (Å²) in [5.41, 5.74) is -2.11. The zero-order valence-corrected chi connectivity index (χ0v) is 13.3. The summed E-state index contributed by atoms with van der Waals surface area (Å²) in [5.74, 6) is -52.5. The summed E-state index contributed by atoms with van der Waals surface area (Å²) < 4.78 is 198. The SMILES string of the molecule is FCC(F)(F)C(F)(F)C(F)(F)C(F)(F)C(F)(F)C(F)(F)C(F)(F)c1ccccc1. The highest BCUT2D eigenvalue weighted by atomic mass is 19.4. The van der Waals surface area contributed by atoms with E-state index in [0.717, 1.165) is 6.07 Å². The largest absolute Gasteiger partial charge is 0.385 e. The standard InChI is InChI=1S/C14H7F15/c15-6-8(16,17)10(20,21)12(24,25)14(28,29)13(26,27)11(22,23)9(18,19)7-4-2-1-3-5-7/h1-5H,6H2. The Labute approximate surface area is 151 Å². The van der Waals surface area contributed by atoms with Gasteiger partial charge in [-0.05, 0) is 0 Å². The molecule has 168 valence electrons. The Morgan fingerprint density at radius 1 is 0.483 bits per heavy atom. The van der Waals surface area contributed by atoms with Crippen LogP contribution in [0.1, 0.15) is 5.56 Å². The van der Waals surface area contributed by atoms with Crippen molar-refractivity contribution in [1.82, 2.24) is 0 Å². The Hall–Kier alpha value is -1.83. The average Bonchev–Trinajstić information content (AvgIpc) is 2.61. The topological polar surface area (TPSA) is 0 Å². The maximum atomic E-state index is 13.7. The fourth-order valence-electron chi connectivity index (χ4n) is 1.93. The maximum absolute atomic E-state index is 13.7. The Morgan fingerprint density at radius 2 is 0.828 bits per heavy atom. The van der Waals surface area contributed by atoms with Crippen LogP contribution >= 0.6 is 0 Å². The zero-order chi connectivity index (χ0) is 23.3. The van der Waals surface area contributed by atoms with E-state index in [0.29, 0.717) is 12.1 Å². The van der Waals surface area contributed by atoms with Crippen molar-refractivity contribution in [1.29, 1.82) is 0 Å². The van der Waals surface area contributed by atoms with E-state index in [2.05, 4.69) is 0 Å². The van der Waals surface area contributed by atoms with Crippen LogP contribution in [-0.4, -0.2) is 42.2 Å². The van der Waals surface area contributed by atoms with Crippen molar-refractivity contribution < 1.29 is 65.9 Å². The van der Waals surface area contributed by atoms with Crippen molar-refractivity contribution in [3.63, 3.8) is 0 Å². The Kier molecular flexibility index (Phi) is 5.96. The lowest BCUT2D eigenvalue weighted by Gasteiger charge is -2.42. The second-order valence-corrected chi connectivity index (χ2v) is 5.65. The summed E-state index contributed by atoms with van der Waals surface area (Å²) in [5, 5.41) is 0. The fourth-order valence-corrected chi connectivity index (χ4v) is 1.93. The van der Waals surface area contributed by atoms with Gasteiger partial charge in [0, 0.05) is 5.56 Å². The van der Waals surface area contributed by atoms with Crippen LogP contribution in [0.5, 0.6) is 0 Å². The number of alkyl halides is 15. The first-order valence-corrected chi connectivity index (χ1v) is 6.93. The van der Waals surface area contributed by atoms with Crippen molar-refractivity contribution in [2.75, 3.05) is 6.67 Å². The predicted octanol–water partition coefficient (Wildman–Crippen LogP) is 6.56. The molecule has 0 N–H and O–H groups in total. The van der Waals surface area contributed by atoms with Gasteiger partial charge in [0.1, 0.15) is 0 Å². The molecule has 0 amide bonds. The summed E-state index contributed by atoms with van der Waals surface area (Å²) in [4.78, 5) is 0. The molecule has 0 aromatic heterocycles. The molecule has 0 saturated carbocycles. The molecule has 0 unspecified atom stereocenters. The normalized spacial score (nSPS) is 15.6. The lowest BCUT2D eigenvalue weighted by Crippen LogP contribution is -2.72. The molecule has 0 radical (unpaired) electrons. The van der Waals surface area contributed by atoms with Gasteiger partial charge >= 0.3 is 41.5 Å². The Bertz CT molecular complexity index is 707. The highest BCUT2D eigenvalue weighted by molar-refractivity contribution is 5.26. The summed E-state index contributed by atoms with van der Waals surface area (Å²) in [6.07, 6.45) is 0. The third-order valence-electron chi connectivity index (χ3n) is 3.74. The summed E-state index contributed by atoms with van der Waals surface area (Å²) >= 11 is 0.